The largest absolute Gasteiger partial charge is 0.444 e. The number of alkyl halides is 2. The van der Waals surface area contributed by atoms with Crippen molar-refractivity contribution < 1.29 is 57.7 Å². The summed E-state index contributed by atoms with van der Waals surface area (Å²) >= 11 is 13.9. The number of aryl methyl sites for hydroxylation is 1. The standard InChI is InChI=1S/C60H83Cl2N9O13S2/c1-36(2)50(53(78)70-46(16-13-25-66-56(63)81)52(77)68-41-20-18-38(19-21-41)34-83-57(82)69-42-22-23-44-37(3)28-49(75)84-47(44)30-42)71-48(74)17-10-9-11-24-65-55(80)60(8,62)35-59(7,54(79)67-32-43(73)33-72)31-45(61)39-14-12-15-40(29-39)51(76)64-26-27-85-86-58(4,5)6/h12,14-15,18-23,28-30,36,43,45-46,50,72-73H,9-11,13,16-17,24-27,31-35H2,1-8H3,(H,64,76)(H,65,80)(H,67,79)(H,68,77)(H,69,82)(H,70,78)(H,71,74)(H3,63,66,81). The van der Waals surface area contributed by atoms with Crippen LogP contribution in [0.15, 0.2) is 82.0 Å². The average molecular weight is 1270 g/mol. The van der Waals surface area contributed by atoms with Gasteiger partial charge in [-0.3, -0.25) is 34.1 Å². The smallest absolute Gasteiger partial charge is 0.411 e. The number of benzene rings is 3. The van der Waals surface area contributed by atoms with Crippen molar-refractivity contribution in [3.8, 4) is 0 Å². The maximum absolute atomic E-state index is 13.9. The third kappa shape index (κ3) is 25.0. The van der Waals surface area contributed by atoms with Crippen molar-refractivity contribution in [3.05, 3.63) is 105 Å². The molecule has 6 unspecified atom stereocenters. The van der Waals surface area contributed by atoms with Crippen LogP contribution in [-0.2, 0) is 35.3 Å². The van der Waals surface area contributed by atoms with E-state index >= 15 is 0 Å². The Balaban J connectivity index is 1.27. The van der Waals surface area contributed by atoms with Gasteiger partial charge >= 0.3 is 17.7 Å². The van der Waals surface area contributed by atoms with Gasteiger partial charge in [-0.2, -0.15) is 0 Å². The molecule has 3 aromatic carbocycles. The summed E-state index contributed by atoms with van der Waals surface area (Å²) in [7, 11) is 3.40. The maximum Gasteiger partial charge on any atom is 0.411 e. The molecule has 0 aliphatic rings. The van der Waals surface area contributed by atoms with Crippen LogP contribution >= 0.6 is 44.8 Å². The van der Waals surface area contributed by atoms with E-state index in [1.807, 2.05) is 0 Å². The van der Waals surface area contributed by atoms with Crippen LogP contribution in [0.4, 0.5) is 21.0 Å². The highest BCUT2D eigenvalue weighted by atomic mass is 35.5. The number of rotatable bonds is 34. The number of aliphatic hydroxyl groups excluding tert-OH is 2. The minimum atomic E-state index is -1.63. The number of amides is 9. The van der Waals surface area contributed by atoms with Gasteiger partial charge in [-0.05, 0) is 111 Å². The molecule has 9 amide bonds. The maximum atomic E-state index is 13.9. The van der Waals surface area contributed by atoms with E-state index in [4.69, 9.17) is 38.1 Å². The fraction of sp³-hybridized carbons (Fsp3) is 0.517. The number of urea groups is 1. The molecule has 4 rings (SSSR count). The van der Waals surface area contributed by atoms with Crippen LogP contribution in [0.2, 0.25) is 0 Å². The van der Waals surface area contributed by atoms with Crippen molar-refractivity contribution in [2.24, 2.45) is 17.1 Å². The first-order chi connectivity index (χ1) is 40.5. The normalized spacial score (nSPS) is 14.2. The van der Waals surface area contributed by atoms with Gasteiger partial charge < -0.3 is 62.3 Å². The Morgan fingerprint density at radius 2 is 1.48 bits per heavy atom. The van der Waals surface area contributed by atoms with Gasteiger partial charge in [0, 0.05) is 77.6 Å². The number of carbonyl (C=O) groups excluding carboxylic acids is 8. The molecule has 0 aliphatic carbocycles. The van der Waals surface area contributed by atoms with Crippen molar-refractivity contribution in [2.75, 3.05) is 49.2 Å². The van der Waals surface area contributed by atoms with Crippen molar-refractivity contribution in [3.63, 3.8) is 0 Å². The van der Waals surface area contributed by atoms with Gasteiger partial charge in [-0.15, -0.1) is 23.2 Å². The fourth-order valence-corrected chi connectivity index (χ4v) is 11.9. The van der Waals surface area contributed by atoms with E-state index in [9.17, 15) is 53.4 Å². The molecule has 26 heteroatoms. The van der Waals surface area contributed by atoms with Gasteiger partial charge in [0.2, 0.25) is 29.5 Å². The summed E-state index contributed by atoms with van der Waals surface area (Å²) in [4.78, 5) is 116. The van der Waals surface area contributed by atoms with Gasteiger partial charge in [-0.1, -0.05) is 93.8 Å². The first-order valence-corrected chi connectivity index (χ1v) is 31.5. The predicted molar refractivity (Wildman–Crippen MR) is 338 cm³/mol. The number of aliphatic hydroxyl groups is 2. The summed E-state index contributed by atoms with van der Waals surface area (Å²) in [5.41, 5.74) is 6.62. The van der Waals surface area contributed by atoms with E-state index in [0.717, 1.165) is 10.9 Å². The molecule has 22 nitrogen and oxygen atoms in total. The lowest BCUT2D eigenvalue weighted by molar-refractivity contribution is -0.133. The number of anilines is 2. The van der Waals surface area contributed by atoms with Gasteiger partial charge in [0.15, 0.2) is 0 Å². The summed E-state index contributed by atoms with van der Waals surface area (Å²) in [6.45, 7) is 14.5. The molecule has 4 aromatic rings. The zero-order chi connectivity index (χ0) is 63.8. The molecule has 0 bridgehead atoms. The van der Waals surface area contributed by atoms with Crippen molar-refractivity contribution in [1.82, 2.24) is 31.9 Å². The molecule has 0 radical (unpaired) electrons. The molecule has 0 fully saturated rings. The molecule has 0 spiro atoms. The number of carbonyl (C=O) groups is 8. The van der Waals surface area contributed by atoms with Crippen LogP contribution in [-0.4, -0.2) is 124 Å². The molecule has 12 N–H and O–H groups in total. The summed E-state index contributed by atoms with van der Waals surface area (Å²) in [5, 5.41) is 41.1. The molecular formula is C60H83Cl2N9O13S2. The van der Waals surface area contributed by atoms with Gasteiger partial charge in [0.25, 0.3) is 5.91 Å². The average Bonchev–Trinajstić information content (AvgIpc) is 3.65. The lowest BCUT2D eigenvalue weighted by Gasteiger charge is -2.36. The van der Waals surface area contributed by atoms with E-state index in [0.29, 0.717) is 65.2 Å². The monoisotopic (exact) mass is 1270 g/mol. The molecule has 472 valence electrons. The number of halogens is 2. The Bertz CT molecular complexity index is 3020. The van der Waals surface area contributed by atoms with E-state index < -0.39 is 93.7 Å². The van der Waals surface area contributed by atoms with Crippen molar-refractivity contribution in [1.29, 1.82) is 0 Å². The van der Waals surface area contributed by atoms with Crippen molar-refractivity contribution in [2.45, 2.75) is 147 Å². The molecule has 0 saturated carbocycles. The number of unbranched alkanes of at least 4 members (excludes halogenated alkanes) is 2. The van der Waals surface area contributed by atoms with Gasteiger partial charge in [0.05, 0.1) is 23.5 Å². The SMILES string of the molecule is Cc1cc(=O)oc2cc(NC(=O)OCc3ccc(NC(=O)C(CCCNC(N)=O)NC(=O)C(NC(=O)CCCCCNC(=O)C(C)(Cl)CC(C)(CC(Cl)c4cccc(C(=O)NCCSSC(C)(C)C)c4)C(=O)NCC(O)CO)C(C)C)cc3)ccc12. The third-order valence-corrected chi connectivity index (χ3v) is 17.4. The number of hydrogen-bond acceptors (Lipinski definition) is 15. The van der Waals surface area contributed by atoms with Crippen LogP contribution in [0.1, 0.15) is 132 Å². The van der Waals surface area contributed by atoms with Crippen molar-refractivity contribution >= 4 is 115 Å². The Hall–Kier alpha value is -6.57. The lowest BCUT2D eigenvalue weighted by Crippen LogP contribution is -2.54. The Morgan fingerprint density at radius 1 is 0.779 bits per heavy atom. The second kappa shape index (κ2) is 34.7. The van der Waals surface area contributed by atoms with E-state index in [1.54, 1.807) is 110 Å². The molecule has 0 aliphatic heterocycles. The Labute approximate surface area is 519 Å². The molecule has 6 atom stereocenters. The third-order valence-electron chi connectivity index (χ3n) is 13.4. The van der Waals surface area contributed by atoms with Gasteiger partial charge in [0.1, 0.15) is 29.1 Å². The number of hydrogen-bond donors (Lipinski definition) is 11. The van der Waals surface area contributed by atoms with Crippen LogP contribution in [0.3, 0.4) is 0 Å². The molecule has 1 heterocycles. The highest BCUT2D eigenvalue weighted by Crippen LogP contribution is 2.43. The molecule has 0 saturated heterocycles. The lowest BCUT2D eigenvalue weighted by atomic mass is 9.75. The van der Waals surface area contributed by atoms with Crippen LogP contribution in [0, 0.1) is 18.3 Å². The number of nitrogens with one attached hydrogen (secondary N) is 8. The zero-order valence-corrected chi connectivity index (χ0v) is 53.1. The highest BCUT2D eigenvalue weighted by Gasteiger charge is 2.45. The second-order valence-electron chi connectivity index (χ2n) is 22.7. The van der Waals surface area contributed by atoms with Crippen LogP contribution < -0.4 is 53.9 Å². The number of fused-ring (bicyclic) bond motifs is 1. The van der Waals surface area contributed by atoms with Crippen LogP contribution in [0.25, 0.3) is 11.0 Å². The minimum absolute atomic E-state index is 0.0238. The molecular weight excluding hydrogens is 1190 g/mol. The topological polar surface area (TPSA) is 339 Å². The number of ether oxygens (including phenoxy) is 1. The first kappa shape index (κ1) is 71.9. The fourth-order valence-electron chi connectivity index (χ4n) is 8.88. The predicted octanol–water partition coefficient (Wildman–Crippen LogP) is 7.68. The second-order valence-corrected chi connectivity index (χ2v) is 27.4. The molecule has 1 aromatic heterocycles. The van der Waals surface area contributed by atoms with E-state index in [1.165, 1.54) is 19.1 Å². The Kier molecular flexibility index (Phi) is 29.0. The Morgan fingerprint density at radius 3 is 2.15 bits per heavy atom. The summed E-state index contributed by atoms with van der Waals surface area (Å²) in [5.74, 6) is -2.70. The number of nitrogens with two attached hydrogens (primary N) is 1. The summed E-state index contributed by atoms with van der Waals surface area (Å²) in [6, 6.07) is 16.6. The molecule has 86 heavy (non-hydrogen) atoms. The quantitative estimate of drug-likeness (QED) is 0.00924. The summed E-state index contributed by atoms with van der Waals surface area (Å²) < 4.78 is 10.7. The van der Waals surface area contributed by atoms with Crippen LogP contribution in [0.5, 0.6) is 0 Å². The zero-order valence-electron chi connectivity index (χ0n) is 50.0. The highest BCUT2D eigenvalue weighted by molar-refractivity contribution is 8.77. The van der Waals surface area contributed by atoms with E-state index in [2.05, 4.69) is 63.3 Å². The van der Waals surface area contributed by atoms with Gasteiger partial charge in [-0.25, -0.2) is 14.4 Å². The number of primary amides is 1. The van der Waals surface area contributed by atoms with E-state index in [-0.39, 0.29) is 69.0 Å². The minimum Gasteiger partial charge on any atom is -0.444 e. The first-order valence-electron chi connectivity index (χ1n) is 28.4. The summed E-state index contributed by atoms with van der Waals surface area (Å²) in [6.07, 6.45) is -0.482.